The lowest BCUT2D eigenvalue weighted by molar-refractivity contribution is -0.147. The normalized spacial score (nSPS) is 11.2. The minimum absolute atomic E-state index is 0.104. The van der Waals surface area contributed by atoms with Gasteiger partial charge in [-0.3, -0.25) is 14.4 Å². The van der Waals surface area contributed by atoms with Crippen molar-refractivity contribution in [3.8, 4) is 0 Å². The second kappa shape index (κ2) is 46.3. The van der Waals surface area contributed by atoms with Crippen molar-refractivity contribution in [2.45, 2.75) is 232 Å². The maximum Gasteiger partial charge on any atom is 0.305 e. The number of rotatable bonds is 35. The van der Waals surface area contributed by atoms with Gasteiger partial charge in [-0.25, -0.2) is 0 Å². The van der Waals surface area contributed by atoms with Gasteiger partial charge in [0.2, 0.25) is 0 Å². The van der Waals surface area contributed by atoms with Crippen LogP contribution < -0.4 is 0 Å². The van der Waals surface area contributed by atoms with Crippen molar-refractivity contribution in [2.75, 3.05) is 13.2 Å². The number of unbranched alkanes of at least 4 members (excludes halogenated alkanes) is 26. The van der Waals surface area contributed by atoms with Crippen molar-refractivity contribution in [3.63, 3.8) is 0 Å². The first-order valence-corrected chi connectivity index (χ1v) is 20.6. The van der Waals surface area contributed by atoms with Gasteiger partial charge < -0.3 is 25.2 Å². The SMILES string of the molecule is CCCCCCCCCCCC(=O)O.CCCCCCCCCCCC(=O)O.CCCCCCCCCCCCCC(=O)OCC(O)CO. The molecule has 0 fully saturated rings. The molecule has 294 valence electrons. The second-order valence-corrected chi connectivity index (χ2v) is 13.7. The van der Waals surface area contributed by atoms with Gasteiger partial charge >= 0.3 is 17.9 Å². The van der Waals surface area contributed by atoms with Gasteiger partial charge in [0, 0.05) is 19.3 Å². The molecular weight excluding hydrogens is 620 g/mol. The molecule has 0 aromatic carbocycles. The van der Waals surface area contributed by atoms with Crippen LogP contribution in [0.4, 0.5) is 0 Å². The van der Waals surface area contributed by atoms with E-state index in [0.717, 1.165) is 38.5 Å². The fourth-order valence-corrected chi connectivity index (χ4v) is 5.42. The quantitative estimate of drug-likeness (QED) is 0.0377. The van der Waals surface area contributed by atoms with Crippen LogP contribution in [0.5, 0.6) is 0 Å². The number of esters is 1. The van der Waals surface area contributed by atoms with E-state index in [4.69, 9.17) is 25.2 Å². The van der Waals surface area contributed by atoms with Crippen LogP contribution >= 0.6 is 0 Å². The van der Waals surface area contributed by atoms with E-state index < -0.39 is 18.0 Å². The lowest BCUT2D eigenvalue weighted by Gasteiger charge is -2.08. The third-order valence-corrected chi connectivity index (χ3v) is 8.62. The summed E-state index contributed by atoms with van der Waals surface area (Å²) in [5.74, 6) is -1.60. The number of aliphatic hydroxyl groups is 2. The lowest BCUT2D eigenvalue weighted by atomic mass is 10.1. The van der Waals surface area contributed by atoms with Crippen LogP contribution in [-0.2, 0) is 19.1 Å². The van der Waals surface area contributed by atoms with Crippen LogP contribution in [0.25, 0.3) is 0 Å². The number of carbonyl (C=O) groups is 3. The minimum Gasteiger partial charge on any atom is -0.481 e. The van der Waals surface area contributed by atoms with E-state index in [1.807, 2.05) is 0 Å². The maximum atomic E-state index is 11.3. The van der Waals surface area contributed by atoms with Gasteiger partial charge in [-0.15, -0.1) is 0 Å². The zero-order chi connectivity index (χ0) is 37.1. The zero-order valence-corrected chi connectivity index (χ0v) is 32.5. The highest BCUT2D eigenvalue weighted by atomic mass is 16.5. The van der Waals surface area contributed by atoms with Crippen molar-refractivity contribution in [3.05, 3.63) is 0 Å². The molecule has 0 saturated carbocycles. The van der Waals surface area contributed by atoms with E-state index in [2.05, 4.69) is 20.8 Å². The highest BCUT2D eigenvalue weighted by Crippen LogP contribution is 2.13. The summed E-state index contributed by atoms with van der Waals surface area (Å²) in [6.45, 7) is 6.22. The van der Waals surface area contributed by atoms with Crippen LogP contribution in [0.1, 0.15) is 226 Å². The summed E-state index contributed by atoms with van der Waals surface area (Å²) in [4.78, 5) is 31.7. The molecule has 0 amide bonds. The van der Waals surface area contributed by atoms with Gasteiger partial charge in [0.1, 0.15) is 12.7 Å². The van der Waals surface area contributed by atoms with Crippen molar-refractivity contribution >= 4 is 17.9 Å². The fourth-order valence-electron chi connectivity index (χ4n) is 5.42. The van der Waals surface area contributed by atoms with E-state index in [-0.39, 0.29) is 19.2 Å². The highest BCUT2D eigenvalue weighted by Gasteiger charge is 2.07. The average Bonchev–Trinajstić information content (AvgIpc) is 3.08. The molecule has 0 aliphatic carbocycles. The molecule has 0 radical (unpaired) electrons. The van der Waals surface area contributed by atoms with Gasteiger partial charge in [0.25, 0.3) is 0 Å². The standard InChI is InChI=1S/C17H34O4.2C12H24O2/c1-2-3-4-5-6-7-8-9-10-11-12-13-17(20)21-15-16(19)14-18;2*1-2-3-4-5-6-7-8-9-10-11-12(13)14/h16,18-19H,2-15H2,1H3;2*2-11H2,1H3,(H,13,14). The summed E-state index contributed by atoms with van der Waals surface area (Å²) in [6, 6.07) is 0. The summed E-state index contributed by atoms with van der Waals surface area (Å²) >= 11 is 0. The van der Waals surface area contributed by atoms with Crippen molar-refractivity contribution < 1.29 is 39.5 Å². The number of hydrogen-bond acceptors (Lipinski definition) is 6. The van der Waals surface area contributed by atoms with Crippen LogP contribution in [0.3, 0.4) is 0 Å². The van der Waals surface area contributed by atoms with E-state index >= 15 is 0 Å². The smallest absolute Gasteiger partial charge is 0.305 e. The molecule has 0 spiro atoms. The fraction of sp³-hybridized carbons (Fsp3) is 0.927. The molecule has 0 heterocycles. The number of aliphatic hydroxyl groups excluding tert-OH is 2. The summed E-state index contributed by atoms with van der Waals surface area (Å²) in [5.41, 5.74) is 0. The summed E-state index contributed by atoms with van der Waals surface area (Å²) < 4.78 is 4.84. The van der Waals surface area contributed by atoms with E-state index in [1.54, 1.807) is 0 Å². The van der Waals surface area contributed by atoms with Crippen molar-refractivity contribution in [1.29, 1.82) is 0 Å². The van der Waals surface area contributed by atoms with E-state index in [9.17, 15) is 14.4 Å². The Morgan fingerprint density at radius 3 is 0.918 bits per heavy atom. The molecule has 8 heteroatoms. The topological polar surface area (TPSA) is 141 Å². The Morgan fingerprint density at radius 1 is 0.429 bits per heavy atom. The number of carboxylic acid groups (broad SMARTS) is 2. The largest absolute Gasteiger partial charge is 0.481 e. The van der Waals surface area contributed by atoms with Gasteiger partial charge in [-0.1, -0.05) is 188 Å². The highest BCUT2D eigenvalue weighted by molar-refractivity contribution is 5.69. The Bertz CT molecular complexity index is 638. The Kier molecular flexibility index (Phi) is 48.9. The molecule has 4 N–H and O–H groups in total. The van der Waals surface area contributed by atoms with E-state index in [1.165, 1.54) is 148 Å². The number of hydrogen-bond donors (Lipinski definition) is 4. The molecular formula is C41H82O8. The molecule has 49 heavy (non-hydrogen) atoms. The summed E-state index contributed by atoms with van der Waals surface area (Å²) in [5, 5.41) is 34.4. The monoisotopic (exact) mass is 703 g/mol. The van der Waals surface area contributed by atoms with Crippen LogP contribution in [-0.4, -0.2) is 57.7 Å². The Labute approximate surface area is 302 Å². The van der Waals surface area contributed by atoms with E-state index in [0.29, 0.717) is 19.3 Å². The molecule has 0 bridgehead atoms. The maximum absolute atomic E-state index is 11.3. The molecule has 0 aliphatic heterocycles. The number of carbonyl (C=O) groups excluding carboxylic acids is 1. The first kappa shape index (κ1) is 51.7. The first-order chi connectivity index (χ1) is 23.7. The Balaban J connectivity index is -0.000000670. The van der Waals surface area contributed by atoms with Crippen LogP contribution in [0.15, 0.2) is 0 Å². The lowest BCUT2D eigenvalue weighted by Crippen LogP contribution is -2.21. The molecule has 0 saturated heterocycles. The second-order valence-electron chi connectivity index (χ2n) is 13.7. The first-order valence-electron chi connectivity index (χ1n) is 20.6. The third kappa shape index (κ3) is 56.0. The summed E-state index contributed by atoms with van der Waals surface area (Å²) in [6.07, 6.45) is 36.2. The number of carboxylic acids is 2. The molecule has 0 aromatic rings. The molecule has 0 aliphatic rings. The Hall–Kier alpha value is -1.67. The molecule has 1 unspecified atom stereocenters. The van der Waals surface area contributed by atoms with Gasteiger partial charge in [-0.2, -0.15) is 0 Å². The third-order valence-electron chi connectivity index (χ3n) is 8.62. The summed E-state index contributed by atoms with van der Waals surface area (Å²) in [7, 11) is 0. The molecule has 0 rings (SSSR count). The van der Waals surface area contributed by atoms with Crippen LogP contribution in [0.2, 0.25) is 0 Å². The van der Waals surface area contributed by atoms with Crippen LogP contribution in [0, 0.1) is 0 Å². The van der Waals surface area contributed by atoms with Crippen molar-refractivity contribution in [2.24, 2.45) is 0 Å². The molecule has 0 aromatic heterocycles. The predicted molar refractivity (Wildman–Crippen MR) is 204 cm³/mol. The van der Waals surface area contributed by atoms with Crippen molar-refractivity contribution in [1.82, 2.24) is 0 Å². The molecule has 8 nitrogen and oxygen atoms in total. The average molecular weight is 703 g/mol. The minimum atomic E-state index is -0.953. The van der Waals surface area contributed by atoms with Gasteiger partial charge in [0.05, 0.1) is 6.61 Å². The van der Waals surface area contributed by atoms with Gasteiger partial charge in [0.15, 0.2) is 0 Å². The number of ether oxygens (including phenoxy) is 1. The predicted octanol–water partition coefficient (Wildman–Crippen LogP) is 11.6. The van der Waals surface area contributed by atoms with Gasteiger partial charge in [-0.05, 0) is 19.3 Å². The Morgan fingerprint density at radius 2 is 0.673 bits per heavy atom. The zero-order valence-electron chi connectivity index (χ0n) is 32.5. The molecule has 1 atom stereocenters. The number of aliphatic carboxylic acids is 2.